The molecule has 8 rings (SSSR count). The van der Waals surface area contributed by atoms with E-state index in [-0.39, 0.29) is 10.8 Å². The molecule has 0 amide bonds. The van der Waals surface area contributed by atoms with E-state index in [1.165, 1.54) is 104 Å². The maximum absolute atomic E-state index is 2.55. The Hall–Kier alpha value is -4.62. The van der Waals surface area contributed by atoms with Crippen LogP contribution in [0.15, 0.2) is 127 Å². The second-order valence-corrected chi connectivity index (χ2v) is 15.6. The number of fused-ring (bicyclic) bond motifs is 4. The lowest BCUT2D eigenvalue weighted by atomic mass is 9.81. The van der Waals surface area contributed by atoms with E-state index in [1.807, 2.05) is 0 Å². The van der Waals surface area contributed by atoms with Gasteiger partial charge in [0.15, 0.2) is 0 Å². The number of benzene rings is 6. The van der Waals surface area contributed by atoms with Gasteiger partial charge in [0.1, 0.15) is 0 Å². The molecule has 2 aliphatic carbocycles. The third-order valence-corrected chi connectivity index (χ3v) is 11.2. The molecular weight excluding hydrogens is 579 g/mol. The van der Waals surface area contributed by atoms with E-state index in [2.05, 4.69) is 167 Å². The van der Waals surface area contributed by atoms with Gasteiger partial charge in [-0.05, 0) is 110 Å². The molecule has 0 radical (unpaired) electrons. The average Bonchev–Trinajstić information content (AvgIpc) is 3.34. The van der Waals surface area contributed by atoms with E-state index in [1.54, 1.807) is 0 Å². The molecule has 0 aromatic heterocycles. The minimum Gasteiger partial charge on any atom is -0.310 e. The zero-order valence-electron chi connectivity index (χ0n) is 29.2. The highest BCUT2D eigenvalue weighted by molar-refractivity contribution is 6.00. The highest BCUT2D eigenvalue weighted by atomic mass is 15.1. The van der Waals surface area contributed by atoms with Gasteiger partial charge in [-0.2, -0.15) is 0 Å². The van der Waals surface area contributed by atoms with Crippen LogP contribution < -0.4 is 4.90 Å². The molecule has 0 bridgehead atoms. The largest absolute Gasteiger partial charge is 0.310 e. The van der Waals surface area contributed by atoms with Crippen LogP contribution in [-0.2, 0) is 10.8 Å². The molecule has 240 valence electrons. The second kappa shape index (κ2) is 11.8. The normalized spacial score (nSPS) is 15.7. The summed E-state index contributed by atoms with van der Waals surface area (Å²) in [5.41, 5.74) is 14.7. The zero-order chi connectivity index (χ0) is 33.0. The first-order valence-electron chi connectivity index (χ1n) is 18.0. The Balaban J connectivity index is 1.32. The van der Waals surface area contributed by atoms with Gasteiger partial charge in [0.25, 0.3) is 0 Å². The van der Waals surface area contributed by atoms with Gasteiger partial charge in [0.05, 0.1) is 0 Å². The van der Waals surface area contributed by atoms with Crippen molar-refractivity contribution in [2.75, 3.05) is 4.90 Å². The Kier molecular flexibility index (Phi) is 7.55. The molecule has 0 saturated heterocycles. The number of hydrogen-bond acceptors (Lipinski definition) is 1. The fraction of sp³-hybridized carbons (Fsp3) is 0.277. The van der Waals surface area contributed by atoms with Crippen LogP contribution in [0.3, 0.4) is 0 Å². The van der Waals surface area contributed by atoms with Gasteiger partial charge in [0.2, 0.25) is 0 Å². The first kappa shape index (κ1) is 30.7. The van der Waals surface area contributed by atoms with Gasteiger partial charge in [-0.3, -0.25) is 0 Å². The molecule has 6 aromatic rings. The first-order chi connectivity index (χ1) is 23.2. The predicted molar refractivity (Wildman–Crippen MR) is 206 cm³/mol. The Morgan fingerprint density at radius 2 is 1.23 bits per heavy atom. The Morgan fingerprint density at radius 1 is 0.562 bits per heavy atom. The minimum atomic E-state index is -0.0634. The molecule has 2 aliphatic rings. The summed E-state index contributed by atoms with van der Waals surface area (Å²) in [5, 5.41) is 2.65. The number of anilines is 3. The van der Waals surface area contributed by atoms with Crippen LogP contribution in [-0.4, -0.2) is 0 Å². The molecule has 0 atom stereocenters. The van der Waals surface area contributed by atoms with Crippen molar-refractivity contribution in [1.82, 2.24) is 0 Å². The minimum absolute atomic E-state index is 0.0634. The summed E-state index contributed by atoms with van der Waals surface area (Å²) in [4.78, 5) is 2.55. The van der Waals surface area contributed by atoms with E-state index >= 15 is 0 Å². The van der Waals surface area contributed by atoms with E-state index in [0.717, 1.165) is 0 Å². The number of rotatable bonds is 5. The molecule has 1 fully saturated rings. The van der Waals surface area contributed by atoms with Gasteiger partial charge >= 0.3 is 0 Å². The van der Waals surface area contributed by atoms with Crippen LogP contribution >= 0.6 is 0 Å². The summed E-state index contributed by atoms with van der Waals surface area (Å²) in [5.74, 6) is 0.588. The van der Waals surface area contributed by atoms with Crippen molar-refractivity contribution in [3.8, 4) is 22.3 Å². The van der Waals surface area contributed by atoms with Crippen molar-refractivity contribution in [1.29, 1.82) is 0 Å². The van der Waals surface area contributed by atoms with Crippen molar-refractivity contribution < 1.29 is 0 Å². The van der Waals surface area contributed by atoms with Gasteiger partial charge < -0.3 is 4.90 Å². The maximum Gasteiger partial charge on any atom is 0.0496 e. The predicted octanol–water partition coefficient (Wildman–Crippen LogP) is 13.6. The summed E-state index contributed by atoms with van der Waals surface area (Å²) in [6, 6.07) is 48.3. The smallest absolute Gasteiger partial charge is 0.0496 e. The Labute approximate surface area is 287 Å². The molecule has 0 aliphatic heterocycles. The third kappa shape index (κ3) is 5.16. The standard InChI is InChI=1S/C47H47N/c1-46(2,3)42-29-28-36(38-21-9-10-22-39(38)42)33-18-15-19-34(30-33)48(45-25-14-12-20-37(45)32-16-7-6-8-17-32)35-26-27-41-40-23-11-13-24-43(40)47(4,5)44(41)31-35/h9-15,18-32H,6-8,16-17H2,1-5H3. The van der Waals surface area contributed by atoms with Crippen LogP contribution in [0.25, 0.3) is 33.0 Å². The molecule has 1 saturated carbocycles. The molecule has 0 unspecified atom stereocenters. The van der Waals surface area contributed by atoms with E-state index in [9.17, 15) is 0 Å². The summed E-state index contributed by atoms with van der Waals surface area (Å²) in [7, 11) is 0. The molecule has 1 nitrogen and oxygen atoms in total. The summed E-state index contributed by atoms with van der Waals surface area (Å²) < 4.78 is 0. The lowest BCUT2D eigenvalue weighted by Gasteiger charge is -2.33. The molecule has 0 heterocycles. The maximum atomic E-state index is 2.55. The fourth-order valence-corrected chi connectivity index (χ4v) is 8.73. The fourth-order valence-electron chi connectivity index (χ4n) is 8.73. The molecule has 48 heavy (non-hydrogen) atoms. The lowest BCUT2D eigenvalue weighted by molar-refractivity contribution is 0.444. The molecular formula is C47H47N. The Bertz CT molecular complexity index is 2140. The van der Waals surface area contributed by atoms with Gasteiger partial charge in [-0.15, -0.1) is 0 Å². The van der Waals surface area contributed by atoms with Crippen LogP contribution in [0, 0.1) is 0 Å². The van der Waals surface area contributed by atoms with Crippen molar-refractivity contribution in [2.45, 2.75) is 83.5 Å². The number of nitrogens with zero attached hydrogens (tertiary/aromatic N) is 1. The second-order valence-electron chi connectivity index (χ2n) is 15.6. The molecule has 6 aromatic carbocycles. The summed E-state index contributed by atoms with van der Waals surface area (Å²) >= 11 is 0. The van der Waals surface area contributed by atoms with Crippen molar-refractivity contribution in [3.63, 3.8) is 0 Å². The van der Waals surface area contributed by atoms with Crippen molar-refractivity contribution in [2.24, 2.45) is 0 Å². The van der Waals surface area contributed by atoms with Crippen LogP contribution in [0.1, 0.15) is 94.9 Å². The van der Waals surface area contributed by atoms with Crippen molar-refractivity contribution >= 4 is 27.8 Å². The monoisotopic (exact) mass is 625 g/mol. The summed E-state index contributed by atoms with van der Waals surface area (Å²) in [6.45, 7) is 11.7. The highest BCUT2D eigenvalue weighted by Gasteiger charge is 2.36. The van der Waals surface area contributed by atoms with Gasteiger partial charge in [-0.1, -0.05) is 151 Å². The highest BCUT2D eigenvalue weighted by Crippen LogP contribution is 2.51. The van der Waals surface area contributed by atoms with Gasteiger partial charge in [0, 0.05) is 22.5 Å². The van der Waals surface area contributed by atoms with E-state index in [4.69, 9.17) is 0 Å². The SMILES string of the molecule is CC(C)(C)c1ccc(-c2cccc(N(c3ccc4c(c3)C(C)(C)c3ccccc3-4)c3ccccc3C3CCCCC3)c2)c2ccccc12. The van der Waals surface area contributed by atoms with E-state index in [0.29, 0.717) is 5.92 Å². The lowest BCUT2D eigenvalue weighted by Crippen LogP contribution is -2.18. The van der Waals surface area contributed by atoms with Gasteiger partial charge in [-0.25, -0.2) is 0 Å². The quantitative estimate of drug-likeness (QED) is 0.184. The number of hydrogen-bond donors (Lipinski definition) is 0. The molecule has 0 N–H and O–H groups in total. The summed E-state index contributed by atoms with van der Waals surface area (Å²) in [6.07, 6.45) is 6.52. The topological polar surface area (TPSA) is 3.24 Å². The molecule has 0 spiro atoms. The third-order valence-electron chi connectivity index (χ3n) is 11.2. The van der Waals surface area contributed by atoms with Crippen LogP contribution in [0.4, 0.5) is 17.1 Å². The van der Waals surface area contributed by atoms with Crippen LogP contribution in [0.5, 0.6) is 0 Å². The average molecular weight is 626 g/mol. The van der Waals surface area contributed by atoms with Crippen molar-refractivity contribution in [3.05, 3.63) is 150 Å². The molecule has 1 heteroatoms. The Morgan fingerprint density at radius 3 is 2.04 bits per heavy atom. The number of para-hydroxylation sites is 1. The first-order valence-corrected chi connectivity index (χ1v) is 18.0. The van der Waals surface area contributed by atoms with E-state index < -0.39 is 0 Å². The zero-order valence-corrected chi connectivity index (χ0v) is 29.2. The van der Waals surface area contributed by atoms with Crippen LogP contribution in [0.2, 0.25) is 0 Å².